The number of nitrogens with zero attached hydrogens (tertiary/aromatic N) is 4. The molecule has 0 saturated heterocycles. The summed E-state index contributed by atoms with van der Waals surface area (Å²) in [6.07, 6.45) is 3.19. The molecule has 78 valence electrons. The van der Waals surface area contributed by atoms with Crippen LogP contribution in [-0.4, -0.2) is 19.7 Å². The van der Waals surface area contributed by atoms with Crippen molar-refractivity contribution in [3.63, 3.8) is 0 Å². The van der Waals surface area contributed by atoms with E-state index in [4.69, 9.17) is 10.5 Å². The van der Waals surface area contributed by atoms with Crippen LogP contribution in [0.4, 0.5) is 0 Å². The minimum Gasteiger partial charge on any atom is -0.404 e. The van der Waals surface area contributed by atoms with Gasteiger partial charge in [0, 0.05) is 25.4 Å². The van der Waals surface area contributed by atoms with Gasteiger partial charge in [-0.3, -0.25) is 4.68 Å². The molecule has 0 aliphatic heterocycles. The van der Waals surface area contributed by atoms with E-state index in [1.165, 1.54) is 0 Å². The second kappa shape index (κ2) is 4.05. The lowest BCUT2D eigenvalue weighted by Gasteiger charge is -2.03. The molecule has 6 heteroatoms. The van der Waals surface area contributed by atoms with Crippen molar-refractivity contribution in [3.05, 3.63) is 30.2 Å². The fourth-order valence-corrected chi connectivity index (χ4v) is 1.12. The van der Waals surface area contributed by atoms with Crippen molar-refractivity contribution in [1.29, 1.82) is 0 Å². The number of hydrogen-bond donors (Lipinski definition) is 1. The van der Waals surface area contributed by atoms with Crippen molar-refractivity contribution in [3.8, 4) is 11.9 Å². The van der Waals surface area contributed by atoms with Crippen molar-refractivity contribution in [2.24, 2.45) is 12.8 Å². The normalized spacial score (nSPS) is 10.3. The summed E-state index contributed by atoms with van der Waals surface area (Å²) in [6.45, 7) is 0.371. The van der Waals surface area contributed by atoms with Crippen LogP contribution < -0.4 is 10.5 Å². The highest BCUT2D eigenvalue weighted by Crippen LogP contribution is 2.18. The molecular formula is C9H11N5O. The van der Waals surface area contributed by atoms with Gasteiger partial charge < -0.3 is 10.5 Å². The summed E-state index contributed by atoms with van der Waals surface area (Å²) in [4.78, 5) is 8.00. The lowest BCUT2D eigenvalue weighted by molar-refractivity contribution is 0.417. The van der Waals surface area contributed by atoms with Gasteiger partial charge in [0.05, 0.1) is 0 Å². The Morgan fingerprint density at radius 2 is 2.33 bits per heavy atom. The second-order valence-electron chi connectivity index (χ2n) is 2.97. The van der Waals surface area contributed by atoms with Crippen LogP contribution in [0.15, 0.2) is 24.7 Å². The zero-order valence-electron chi connectivity index (χ0n) is 8.29. The van der Waals surface area contributed by atoms with Crippen LogP contribution in [0.25, 0.3) is 0 Å². The number of ether oxygens (including phenoxy) is 1. The highest BCUT2D eigenvalue weighted by Gasteiger charge is 2.06. The summed E-state index contributed by atoms with van der Waals surface area (Å²) in [5.74, 6) is 0.450. The topological polar surface area (TPSA) is 78.8 Å². The van der Waals surface area contributed by atoms with Crippen molar-refractivity contribution in [2.45, 2.75) is 6.54 Å². The third-order valence-corrected chi connectivity index (χ3v) is 1.84. The lowest BCUT2D eigenvalue weighted by Crippen LogP contribution is -2.01. The highest BCUT2D eigenvalue weighted by atomic mass is 16.5. The van der Waals surface area contributed by atoms with Crippen LogP contribution in [0.5, 0.6) is 11.9 Å². The third-order valence-electron chi connectivity index (χ3n) is 1.84. The van der Waals surface area contributed by atoms with Crippen LogP contribution in [-0.2, 0) is 13.6 Å². The Morgan fingerprint density at radius 1 is 1.47 bits per heavy atom. The van der Waals surface area contributed by atoms with Crippen molar-refractivity contribution >= 4 is 0 Å². The van der Waals surface area contributed by atoms with Crippen molar-refractivity contribution in [1.82, 2.24) is 19.7 Å². The molecule has 15 heavy (non-hydrogen) atoms. The fraction of sp³-hybridized carbons (Fsp3) is 0.222. The number of rotatable bonds is 3. The Balaban J connectivity index is 2.23. The van der Waals surface area contributed by atoms with Crippen molar-refractivity contribution in [2.75, 3.05) is 0 Å². The molecule has 0 spiro atoms. The zero-order valence-corrected chi connectivity index (χ0v) is 8.29. The molecule has 2 rings (SSSR count). The molecule has 0 radical (unpaired) electrons. The molecule has 0 aliphatic carbocycles. The smallest absolute Gasteiger partial charge is 0.342 e. The summed E-state index contributed by atoms with van der Waals surface area (Å²) in [7, 11) is 1.77. The van der Waals surface area contributed by atoms with E-state index in [1.54, 1.807) is 30.3 Å². The Morgan fingerprint density at radius 3 is 3.00 bits per heavy atom. The van der Waals surface area contributed by atoms with E-state index < -0.39 is 0 Å². The van der Waals surface area contributed by atoms with E-state index in [9.17, 15) is 0 Å². The van der Waals surface area contributed by atoms with Gasteiger partial charge in [-0.25, -0.2) is 4.98 Å². The SMILES string of the molecule is Cn1cnc(Oc2ncccc2CN)n1. The summed E-state index contributed by atoms with van der Waals surface area (Å²) in [6, 6.07) is 3.93. The standard InChI is InChI=1S/C9H11N5O/c1-14-6-12-9(13-14)15-8-7(5-10)3-2-4-11-8/h2-4,6H,5,10H2,1H3. The predicted octanol–water partition coefficient (Wildman–Crippen LogP) is 0.461. The summed E-state index contributed by atoms with van der Waals surface area (Å²) in [5, 5.41) is 3.98. The van der Waals surface area contributed by atoms with Crippen LogP contribution >= 0.6 is 0 Å². The fourth-order valence-electron chi connectivity index (χ4n) is 1.12. The summed E-state index contributed by atoms with van der Waals surface area (Å²) < 4.78 is 6.94. The first-order valence-electron chi connectivity index (χ1n) is 4.47. The molecule has 0 saturated carbocycles. The summed E-state index contributed by atoms with van der Waals surface area (Å²) >= 11 is 0. The number of aryl methyl sites for hydroxylation is 1. The molecule has 0 atom stereocenters. The molecule has 0 fully saturated rings. The van der Waals surface area contributed by atoms with Crippen molar-refractivity contribution < 1.29 is 4.74 Å². The van der Waals surface area contributed by atoms with Gasteiger partial charge in [-0.15, -0.1) is 5.10 Å². The van der Waals surface area contributed by atoms with Gasteiger partial charge in [-0.05, 0) is 6.07 Å². The molecule has 2 aromatic rings. The Bertz CT molecular complexity index is 453. The second-order valence-corrected chi connectivity index (χ2v) is 2.97. The number of aromatic nitrogens is 4. The minimum absolute atomic E-state index is 0.269. The molecule has 0 aromatic carbocycles. The maximum atomic E-state index is 5.54. The number of hydrogen-bond acceptors (Lipinski definition) is 5. The quantitative estimate of drug-likeness (QED) is 0.787. The first-order chi connectivity index (χ1) is 7.29. The molecule has 0 amide bonds. The summed E-state index contributed by atoms with van der Waals surface area (Å²) in [5.41, 5.74) is 6.37. The first-order valence-corrected chi connectivity index (χ1v) is 4.47. The lowest BCUT2D eigenvalue weighted by atomic mass is 10.3. The van der Waals surface area contributed by atoms with Gasteiger partial charge in [0.2, 0.25) is 5.88 Å². The van der Waals surface area contributed by atoms with Gasteiger partial charge in [0.15, 0.2) is 0 Å². The van der Waals surface area contributed by atoms with E-state index in [2.05, 4.69) is 15.1 Å². The van der Waals surface area contributed by atoms with E-state index in [-0.39, 0.29) is 6.01 Å². The molecule has 6 nitrogen and oxygen atoms in total. The molecule has 0 aliphatic rings. The van der Waals surface area contributed by atoms with Gasteiger partial charge in [-0.1, -0.05) is 6.07 Å². The van der Waals surface area contributed by atoms with E-state index in [0.29, 0.717) is 12.4 Å². The molecular weight excluding hydrogens is 194 g/mol. The first kappa shape index (κ1) is 9.60. The molecule has 2 N–H and O–H groups in total. The van der Waals surface area contributed by atoms with Gasteiger partial charge >= 0.3 is 6.01 Å². The number of nitrogens with two attached hydrogens (primary N) is 1. The minimum atomic E-state index is 0.269. The van der Waals surface area contributed by atoms with E-state index >= 15 is 0 Å². The van der Waals surface area contributed by atoms with Crippen LogP contribution in [0.2, 0.25) is 0 Å². The molecule has 0 unspecified atom stereocenters. The van der Waals surface area contributed by atoms with Gasteiger partial charge in [-0.2, -0.15) is 4.98 Å². The zero-order chi connectivity index (χ0) is 10.7. The average Bonchev–Trinajstić information content (AvgIpc) is 2.65. The van der Waals surface area contributed by atoms with Crippen LogP contribution in [0, 0.1) is 0 Å². The van der Waals surface area contributed by atoms with Crippen LogP contribution in [0.1, 0.15) is 5.56 Å². The maximum absolute atomic E-state index is 5.54. The average molecular weight is 205 g/mol. The molecule has 2 aromatic heterocycles. The monoisotopic (exact) mass is 205 g/mol. The van der Waals surface area contributed by atoms with Crippen LogP contribution in [0.3, 0.4) is 0 Å². The third kappa shape index (κ3) is 2.10. The highest BCUT2D eigenvalue weighted by molar-refractivity contribution is 5.26. The number of pyridine rings is 1. The van der Waals surface area contributed by atoms with E-state index in [1.807, 2.05) is 6.07 Å². The largest absolute Gasteiger partial charge is 0.404 e. The predicted molar refractivity (Wildman–Crippen MR) is 53.2 cm³/mol. The Hall–Kier alpha value is -1.95. The van der Waals surface area contributed by atoms with Gasteiger partial charge in [0.1, 0.15) is 6.33 Å². The Labute approximate surface area is 86.7 Å². The maximum Gasteiger partial charge on any atom is 0.342 e. The van der Waals surface area contributed by atoms with Gasteiger partial charge in [0.25, 0.3) is 0 Å². The van der Waals surface area contributed by atoms with E-state index in [0.717, 1.165) is 5.56 Å². The molecule has 0 bridgehead atoms. The Kier molecular flexibility index (Phi) is 2.59. The molecule has 2 heterocycles.